The van der Waals surface area contributed by atoms with E-state index in [1.807, 2.05) is 6.92 Å². The molecule has 1 aromatic rings. The minimum absolute atomic E-state index is 0.289. The first-order valence-electron chi connectivity index (χ1n) is 5.35. The van der Waals surface area contributed by atoms with Crippen LogP contribution in [0.3, 0.4) is 0 Å². The van der Waals surface area contributed by atoms with E-state index in [-0.39, 0.29) is 5.60 Å². The average molecular weight is 208 g/mol. The summed E-state index contributed by atoms with van der Waals surface area (Å²) in [5, 5.41) is 0. The Morgan fingerprint density at radius 3 is 2.27 bits per heavy atom. The van der Waals surface area contributed by atoms with Crippen LogP contribution in [0.4, 0.5) is 0 Å². The fourth-order valence-electron chi connectivity index (χ4n) is 1.31. The molecule has 0 aliphatic rings. The van der Waals surface area contributed by atoms with Gasteiger partial charge in [-0.25, -0.2) is 0 Å². The highest BCUT2D eigenvalue weighted by atomic mass is 16.7. The third kappa shape index (κ3) is 3.65. The van der Waals surface area contributed by atoms with E-state index in [1.54, 1.807) is 0 Å². The largest absolute Gasteiger partial charge is 0.356 e. The van der Waals surface area contributed by atoms with Crippen molar-refractivity contribution in [3.8, 4) is 0 Å². The van der Waals surface area contributed by atoms with Crippen molar-refractivity contribution in [2.45, 2.75) is 33.3 Å². The molecule has 15 heavy (non-hydrogen) atoms. The zero-order valence-electron chi connectivity index (χ0n) is 10.0. The van der Waals surface area contributed by atoms with E-state index in [1.165, 1.54) is 11.1 Å². The van der Waals surface area contributed by atoms with Crippen LogP contribution in [0, 0.1) is 6.92 Å². The van der Waals surface area contributed by atoms with Crippen molar-refractivity contribution in [3.05, 3.63) is 35.4 Å². The third-order valence-electron chi connectivity index (χ3n) is 2.45. The Morgan fingerprint density at radius 1 is 1.13 bits per heavy atom. The molecule has 1 rings (SSSR count). The summed E-state index contributed by atoms with van der Waals surface area (Å²) in [5.74, 6) is 0. The fourth-order valence-corrected chi connectivity index (χ4v) is 1.31. The van der Waals surface area contributed by atoms with E-state index in [4.69, 9.17) is 9.47 Å². The molecule has 0 N–H and O–H groups in total. The van der Waals surface area contributed by atoms with Gasteiger partial charge in [-0.05, 0) is 33.3 Å². The van der Waals surface area contributed by atoms with Gasteiger partial charge in [0.1, 0.15) is 6.79 Å². The van der Waals surface area contributed by atoms with E-state index in [0.717, 1.165) is 0 Å². The van der Waals surface area contributed by atoms with Gasteiger partial charge in [0.2, 0.25) is 0 Å². The standard InChI is InChI=1S/C13H20O2/c1-5-14-10-15-13(3,4)12-8-6-11(2)7-9-12/h6-9H,5,10H2,1-4H3. The van der Waals surface area contributed by atoms with Gasteiger partial charge in [-0.1, -0.05) is 29.8 Å². The predicted octanol–water partition coefficient (Wildman–Crippen LogP) is 3.24. The lowest BCUT2D eigenvalue weighted by Crippen LogP contribution is -2.23. The topological polar surface area (TPSA) is 18.5 Å². The molecule has 0 fully saturated rings. The van der Waals surface area contributed by atoms with Gasteiger partial charge in [0, 0.05) is 6.61 Å². The molecule has 2 nitrogen and oxygen atoms in total. The molecule has 1 aromatic carbocycles. The highest BCUT2D eigenvalue weighted by Crippen LogP contribution is 2.24. The van der Waals surface area contributed by atoms with E-state index in [9.17, 15) is 0 Å². The second kappa shape index (κ2) is 5.29. The molecule has 0 aromatic heterocycles. The number of hydrogen-bond acceptors (Lipinski definition) is 2. The Morgan fingerprint density at radius 2 is 1.73 bits per heavy atom. The van der Waals surface area contributed by atoms with Gasteiger partial charge in [-0.3, -0.25) is 0 Å². The first-order chi connectivity index (χ1) is 7.06. The Labute approximate surface area is 92.2 Å². The maximum atomic E-state index is 5.67. The molecule has 2 heteroatoms. The van der Waals surface area contributed by atoms with Gasteiger partial charge < -0.3 is 9.47 Å². The monoisotopic (exact) mass is 208 g/mol. The van der Waals surface area contributed by atoms with Gasteiger partial charge >= 0.3 is 0 Å². The van der Waals surface area contributed by atoms with Crippen molar-refractivity contribution in [2.24, 2.45) is 0 Å². The molecule has 0 aliphatic heterocycles. The van der Waals surface area contributed by atoms with Crippen LogP contribution in [0.25, 0.3) is 0 Å². The number of rotatable bonds is 5. The molecule has 0 aliphatic carbocycles. The minimum atomic E-state index is -0.289. The van der Waals surface area contributed by atoms with Crippen LogP contribution in [0.1, 0.15) is 31.9 Å². The quantitative estimate of drug-likeness (QED) is 0.546. The van der Waals surface area contributed by atoms with Gasteiger partial charge in [-0.15, -0.1) is 0 Å². The van der Waals surface area contributed by atoms with Crippen molar-refractivity contribution < 1.29 is 9.47 Å². The summed E-state index contributed by atoms with van der Waals surface area (Å²) < 4.78 is 10.9. The maximum absolute atomic E-state index is 5.67. The van der Waals surface area contributed by atoms with Crippen molar-refractivity contribution in [2.75, 3.05) is 13.4 Å². The van der Waals surface area contributed by atoms with Crippen LogP contribution in [0.5, 0.6) is 0 Å². The van der Waals surface area contributed by atoms with Gasteiger partial charge in [0.15, 0.2) is 0 Å². The van der Waals surface area contributed by atoms with Gasteiger partial charge in [0.25, 0.3) is 0 Å². The zero-order chi connectivity index (χ0) is 11.3. The van der Waals surface area contributed by atoms with Crippen LogP contribution >= 0.6 is 0 Å². The van der Waals surface area contributed by atoms with Crippen molar-refractivity contribution in [1.29, 1.82) is 0 Å². The first-order valence-corrected chi connectivity index (χ1v) is 5.35. The molecule has 0 amide bonds. The Bertz CT molecular complexity index is 288. The van der Waals surface area contributed by atoms with Crippen LogP contribution in [0.2, 0.25) is 0 Å². The second-order valence-corrected chi connectivity index (χ2v) is 4.13. The molecule has 0 spiro atoms. The molecular weight excluding hydrogens is 188 g/mol. The van der Waals surface area contributed by atoms with Crippen molar-refractivity contribution in [3.63, 3.8) is 0 Å². The highest BCUT2D eigenvalue weighted by Gasteiger charge is 2.20. The van der Waals surface area contributed by atoms with E-state index >= 15 is 0 Å². The normalized spacial score (nSPS) is 11.7. The van der Waals surface area contributed by atoms with Gasteiger partial charge in [-0.2, -0.15) is 0 Å². The molecule has 0 radical (unpaired) electrons. The lowest BCUT2D eigenvalue weighted by molar-refractivity contribution is -0.129. The molecule has 0 unspecified atom stereocenters. The predicted molar refractivity (Wildman–Crippen MR) is 61.8 cm³/mol. The fraction of sp³-hybridized carbons (Fsp3) is 0.538. The molecule has 0 saturated heterocycles. The lowest BCUT2D eigenvalue weighted by Gasteiger charge is -2.25. The molecular formula is C13H20O2. The summed E-state index contributed by atoms with van der Waals surface area (Å²) in [6.45, 7) is 9.18. The number of benzene rings is 1. The van der Waals surface area contributed by atoms with Crippen molar-refractivity contribution in [1.82, 2.24) is 0 Å². The van der Waals surface area contributed by atoms with Crippen LogP contribution < -0.4 is 0 Å². The zero-order valence-corrected chi connectivity index (χ0v) is 10.0. The minimum Gasteiger partial charge on any atom is -0.356 e. The summed E-state index contributed by atoms with van der Waals surface area (Å²) in [6, 6.07) is 8.39. The molecule has 0 bridgehead atoms. The first kappa shape index (κ1) is 12.2. The third-order valence-corrected chi connectivity index (χ3v) is 2.45. The summed E-state index contributed by atoms with van der Waals surface area (Å²) in [7, 11) is 0. The molecule has 84 valence electrons. The number of aryl methyl sites for hydroxylation is 1. The summed E-state index contributed by atoms with van der Waals surface area (Å²) in [4.78, 5) is 0. The van der Waals surface area contributed by atoms with Crippen LogP contribution in [0.15, 0.2) is 24.3 Å². The molecule has 0 atom stereocenters. The number of hydrogen-bond donors (Lipinski definition) is 0. The summed E-state index contributed by atoms with van der Waals surface area (Å²) >= 11 is 0. The maximum Gasteiger partial charge on any atom is 0.147 e. The van der Waals surface area contributed by atoms with E-state index < -0.39 is 0 Å². The number of ether oxygens (including phenoxy) is 2. The molecule has 0 saturated carbocycles. The SMILES string of the molecule is CCOCOC(C)(C)c1ccc(C)cc1. The van der Waals surface area contributed by atoms with Crippen molar-refractivity contribution >= 4 is 0 Å². The van der Waals surface area contributed by atoms with Crippen LogP contribution in [-0.4, -0.2) is 13.4 Å². The highest BCUT2D eigenvalue weighted by molar-refractivity contribution is 5.25. The Balaban J connectivity index is 2.63. The molecule has 0 heterocycles. The Hall–Kier alpha value is -0.860. The summed E-state index contributed by atoms with van der Waals surface area (Å²) in [6.07, 6.45) is 0. The van der Waals surface area contributed by atoms with Gasteiger partial charge in [0.05, 0.1) is 5.60 Å². The van der Waals surface area contributed by atoms with Crippen LogP contribution in [-0.2, 0) is 15.1 Å². The smallest absolute Gasteiger partial charge is 0.147 e. The second-order valence-electron chi connectivity index (χ2n) is 4.13. The van der Waals surface area contributed by atoms with E-state index in [0.29, 0.717) is 13.4 Å². The van der Waals surface area contributed by atoms with E-state index in [2.05, 4.69) is 45.0 Å². The summed E-state index contributed by atoms with van der Waals surface area (Å²) in [5.41, 5.74) is 2.15. The Kier molecular flexibility index (Phi) is 4.30. The average Bonchev–Trinajstić information content (AvgIpc) is 2.18. The lowest BCUT2D eigenvalue weighted by atomic mass is 9.97.